The molecular formula is C26H18ClN5O2S. The summed E-state index contributed by atoms with van der Waals surface area (Å²) in [4.78, 5) is 26.3. The molecule has 0 radical (unpaired) electrons. The fourth-order valence-electron chi connectivity index (χ4n) is 3.37. The fraction of sp³-hybridized carbons (Fsp3) is 0.0385. The molecule has 0 saturated heterocycles. The molecule has 5 rings (SSSR count). The third-order valence-corrected chi connectivity index (χ3v) is 6.41. The number of rotatable bonds is 6. The minimum atomic E-state index is -0.519. The number of esters is 1. The van der Waals surface area contributed by atoms with E-state index in [2.05, 4.69) is 19.7 Å². The third-order valence-electron chi connectivity index (χ3n) is 5.13. The summed E-state index contributed by atoms with van der Waals surface area (Å²) in [5.41, 5.74) is 4.35. The molecule has 0 N–H and O–H groups in total. The molecule has 0 aliphatic carbocycles. The van der Waals surface area contributed by atoms with Crippen molar-refractivity contribution < 1.29 is 9.53 Å². The van der Waals surface area contributed by atoms with Crippen LogP contribution in [0.3, 0.4) is 0 Å². The Labute approximate surface area is 210 Å². The first-order chi connectivity index (χ1) is 17.1. The fourth-order valence-corrected chi connectivity index (χ4v) is 4.43. The highest BCUT2D eigenvalue weighted by Gasteiger charge is 2.15. The van der Waals surface area contributed by atoms with E-state index >= 15 is 0 Å². The number of nitrogens with zero attached hydrogens (tertiary/aromatic N) is 5. The van der Waals surface area contributed by atoms with Crippen LogP contribution >= 0.6 is 23.4 Å². The van der Waals surface area contributed by atoms with Crippen molar-refractivity contribution >= 4 is 29.3 Å². The van der Waals surface area contributed by atoms with Crippen LogP contribution in [-0.4, -0.2) is 37.8 Å². The molecule has 0 unspecified atom stereocenters. The van der Waals surface area contributed by atoms with E-state index in [1.807, 2.05) is 71.5 Å². The molecule has 0 bridgehead atoms. The van der Waals surface area contributed by atoms with Gasteiger partial charge in [-0.05, 0) is 36.4 Å². The number of carbonyl (C=O) groups is 1. The Morgan fingerprint density at radius 1 is 0.943 bits per heavy atom. The normalized spacial score (nSPS) is 10.8. The molecule has 5 aromatic rings. The van der Waals surface area contributed by atoms with Crippen LogP contribution in [0, 0.1) is 0 Å². The second-order valence-electron chi connectivity index (χ2n) is 7.41. The van der Waals surface area contributed by atoms with Crippen LogP contribution in [0.5, 0.6) is 0 Å². The average Bonchev–Trinajstić information content (AvgIpc) is 3.34. The topological polar surface area (TPSA) is 82.8 Å². The number of carbonyl (C=O) groups excluding carboxylic acids is 1. The summed E-state index contributed by atoms with van der Waals surface area (Å²) in [6.45, 7) is 0. The van der Waals surface area contributed by atoms with Crippen molar-refractivity contribution in [3.05, 3.63) is 102 Å². The van der Waals surface area contributed by atoms with Gasteiger partial charge in [0.1, 0.15) is 5.69 Å². The van der Waals surface area contributed by atoms with Crippen molar-refractivity contribution in [2.24, 2.45) is 0 Å². The van der Waals surface area contributed by atoms with Crippen LogP contribution in [0.4, 0.5) is 0 Å². The highest BCUT2D eigenvalue weighted by molar-refractivity contribution is 7.99. The van der Waals surface area contributed by atoms with E-state index < -0.39 is 5.97 Å². The van der Waals surface area contributed by atoms with Gasteiger partial charge in [-0.3, -0.25) is 9.97 Å². The maximum atomic E-state index is 11.6. The lowest BCUT2D eigenvalue weighted by Gasteiger charge is -2.05. The summed E-state index contributed by atoms with van der Waals surface area (Å²) in [7, 11) is 1.31. The van der Waals surface area contributed by atoms with Gasteiger partial charge < -0.3 is 4.74 Å². The minimum absolute atomic E-state index is 0.165. The number of benzene rings is 2. The maximum Gasteiger partial charge on any atom is 0.358 e. The van der Waals surface area contributed by atoms with Crippen LogP contribution in [0.2, 0.25) is 5.02 Å². The summed E-state index contributed by atoms with van der Waals surface area (Å²) < 4.78 is 6.50. The quantitative estimate of drug-likeness (QED) is 0.266. The Hall–Kier alpha value is -4.01. The molecule has 172 valence electrons. The zero-order valence-electron chi connectivity index (χ0n) is 18.5. The number of aromatic nitrogens is 5. The highest BCUT2D eigenvalue weighted by atomic mass is 35.5. The van der Waals surface area contributed by atoms with Gasteiger partial charge in [-0.1, -0.05) is 47.6 Å². The first kappa shape index (κ1) is 22.8. The predicted octanol–water partition coefficient (Wildman–Crippen LogP) is 5.98. The lowest BCUT2D eigenvalue weighted by Crippen LogP contribution is -2.04. The molecule has 0 spiro atoms. The monoisotopic (exact) mass is 499 g/mol. The first-order valence-electron chi connectivity index (χ1n) is 10.6. The molecular weight excluding hydrogens is 482 g/mol. The molecule has 0 fully saturated rings. The van der Waals surface area contributed by atoms with Crippen LogP contribution < -0.4 is 0 Å². The number of halogens is 1. The molecule has 0 saturated carbocycles. The minimum Gasteiger partial charge on any atom is -0.464 e. The molecule has 3 heterocycles. The second-order valence-corrected chi connectivity index (χ2v) is 8.96. The summed E-state index contributed by atoms with van der Waals surface area (Å²) in [5.74, 6) is -0.519. The molecule has 35 heavy (non-hydrogen) atoms. The van der Waals surface area contributed by atoms with Crippen LogP contribution in [0.25, 0.3) is 28.2 Å². The van der Waals surface area contributed by atoms with Crippen molar-refractivity contribution in [1.29, 1.82) is 0 Å². The van der Waals surface area contributed by atoms with E-state index in [9.17, 15) is 4.79 Å². The van der Waals surface area contributed by atoms with Gasteiger partial charge in [0.25, 0.3) is 0 Å². The van der Waals surface area contributed by atoms with Gasteiger partial charge in [0, 0.05) is 33.4 Å². The molecule has 7 nitrogen and oxygen atoms in total. The van der Waals surface area contributed by atoms with E-state index in [-0.39, 0.29) is 5.69 Å². The van der Waals surface area contributed by atoms with Crippen molar-refractivity contribution in [2.75, 3.05) is 7.11 Å². The largest absolute Gasteiger partial charge is 0.464 e. The average molecular weight is 500 g/mol. The number of pyridine rings is 1. The van der Waals surface area contributed by atoms with E-state index in [0.29, 0.717) is 10.7 Å². The molecule has 3 aromatic heterocycles. The van der Waals surface area contributed by atoms with Gasteiger partial charge >= 0.3 is 5.97 Å². The Bertz CT molecular complexity index is 1460. The smallest absolute Gasteiger partial charge is 0.358 e. The standard InChI is InChI=1S/C26H18ClN5O2S/c1-34-26(33)23-15-29-22(14-30-23)17-4-6-18(7-5-17)25-24(35-21-10-8-19(27)9-11-21)16-32(31-25)20-3-2-12-28-13-20/h2-16H,1H3. The van der Waals surface area contributed by atoms with E-state index in [1.54, 1.807) is 30.4 Å². The number of methoxy groups -OCH3 is 1. The predicted molar refractivity (Wildman–Crippen MR) is 135 cm³/mol. The van der Waals surface area contributed by atoms with Gasteiger partial charge in [0.2, 0.25) is 0 Å². The highest BCUT2D eigenvalue weighted by Crippen LogP contribution is 2.37. The molecule has 0 amide bonds. The molecule has 0 aliphatic heterocycles. The molecule has 2 aromatic carbocycles. The lowest BCUT2D eigenvalue weighted by molar-refractivity contribution is 0.0593. The van der Waals surface area contributed by atoms with Crippen LogP contribution in [0.15, 0.2) is 101 Å². The van der Waals surface area contributed by atoms with Crippen molar-refractivity contribution in [3.8, 4) is 28.2 Å². The first-order valence-corrected chi connectivity index (χ1v) is 11.7. The Morgan fingerprint density at radius 2 is 1.71 bits per heavy atom. The van der Waals surface area contributed by atoms with Crippen molar-refractivity contribution in [3.63, 3.8) is 0 Å². The van der Waals surface area contributed by atoms with Crippen molar-refractivity contribution in [1.82, 2.24) is 24.7 Å². The number of hydrogen-bond acceptors (Lipinski definition) is 7. The summed E-state index contributed by atoms with van der Waals surface area (Å²) in [6, 6.07) is 19.4. The van der Waals surface area contributed by atoms with E-state index in [0.717, 1.165) is 32.3 Å². The second kappa shape index (κ2) is 10.1. The van der Waals surface area contributed by atoms with E-state index in [1.165, 1.54) is 13.3 Å². The number of hydrogen-bond donors (Lipinski definition) is 0. The molecule has 0 atom stereocenters. The van der Waals surface area contributed by atoms with Crippen LogP contribution in [-0.2, 0) is 4.74 Å². The lowest BCUT2D eigenvalue weighted by atomic mass is 10.1. The summed E-state index contributed by atoms with van der Waals surface area (Å²) in [6.07, 6.45) is 8.46. The van der Waals surface area contributed by atoms with Gasteiger partial charge in [-0.25, -0.2) is 14.5 Å². The van der Waals surface area contributed by atoms with Gasteiger partial charge in [-0.15, -0.1) is 0 Å². The summed E-state index contributed by atoms with van der Waals surface area (Å²) >= 11 is 7.67. The molecule has 9 heteroatoms. The van der Waals surface area contributed by atoms with Crippen LogP contribution in [0.1, 0.15) is 10.5 Å². The zero-order valence-corrected chi connectivity index (χ0v) is 20.1. The summed E-state index contributed by atoms with van der Waals surface area (Å²) in [5, 5.41) is 5.55. The maximum absolute atomic E-state index is 11.6. The zero-order chi connectivity index (χ0) is 24.2. The Kier molecular flexibility index (Phi) is 6.56. The third kappa shape index (κ3) is 5.08. The van der Waals surface area contributed by atoms with Crippen molar-refractivity contribution in [2.45, 2.75) is 9.79 Å². The van der Waals surface area contributed by atoms with Gasteiger partial charge in [-0.2, -0.15) is 5.10 Å². The SMILES string of the molecule is COC(=O)c1cnc(-c2ccc(-c3nn(-c4cccnc4)cc3Sc3ccc(Cl)cc3)cc2)cn1. The Morgan fingerprint density at radius 3 is 2.37 bits per heavy atom. The van der Waals surface area contributed by atoms with Gasteiger partial charge in [0.05, 0.1) is 42.0 Å². The van der Waals surface area contributed by atoms with E-state index in [4.69, 9.17) is 16.7 Å². The number of ether oxygens (including phenoxy) is 1. The molecule has 0 aliphatic rings. The Balaban J connectivity index is 1.48. The van der Waals surface area contributed by atoms with Gasteiger partial charge in [0.15, 0.2) is 5.69 Å².